The number of benzene rings is 3. The molecular formula is C31H28F2N4O3. The van der Waals surface area contributed by atoms with E-state index in [0.717, 1.165) is 20.9 Å². The van der Waals surface area contributed by atoms with Crippen molar-refractivity contribution in [3.8, 4) is 11.5 Å². The van der Waals surface area contributed by atoms with Crippen molar-refractivity contribution in [3.63, 3.8) is 0 Å². The van der Waals surface area contributed by atoms with E-state index >= 15 is 4.39 Å². The van der Waals surface area contributed by atoms with Gasteiger partial charge >= 0.3 is 5.69 Å². The molecule has 2 aromatic heterocycles. The number of pyridine rings is 1. The van der Waals surface area contributed by atoms with E-state index < -0.39 is 22.9 Å². The summed E-state index contributed by atoms with van der Waals surface area (Å²) in [6.07, 6.45) is 0. The van der Waals surface area contributed by atoms with Gasteiger partial charge in [-0.05, 0) is 67.1 Å². The van der Waals surface area contributed by atoms with Gasteiger partial charge in [0, 0.05) is 12.1 Å². The molecule has 3 aromatic carbocycles. The van der Waals surface area contributed by atoms with Crippen molar-refractivity contribution in [1.82, 2.24) is 18.9 Å². The molecule has 0 saturated heterocycles. The maximum absolute atomic E-state index is 15.3. The zero-order valence-corrected chi connectivity index (χ0v) is 22.4. The molecule has 0 atom stereocenters. The Balaban J connectivity index is 1.80. The molecule has 0 spiro atoms. The second kappa shape index (κ2) is 10.9. The summed E-state index contributed by atoms with van der Waals surface area (Å²) in [5, 5.41) is 4.97. The fourth-order valence-electron chi connectivity index (χ4n) is 4.83. The summed E-state index contributed by atoms with van der Waals surface area (Å²) in [4.78, 5) is 27.7. The minimum Gasteiger partial charge on any atom is -0.369 e. The van der Waals surface area contributed by atoms with Gasteiger partial charge in [0.2, 0.25) is 0 Å². The van der Waals surface area contributed by atoms with Crippen LogP contribution in [0.4, 0.5) is 8.78 Å². The Morgan fingerprint density at radius 3 is 2.42 bits per heavy atom. The van der Waals surface area contributed by atoms with Gasteiger partial charge in [-0.1, -0.05) is 49.0 Å². The molecule has 0 aliphatic heterocycles. The number of aryl methyl sites for hydroxylation is 1. The number of fused-ring (bicyclic) bond motifs is 1. The lowest BCUT2D eigenvalue weighted by molar-refractivity contribution is 0.0989. The molecule has 5 rings (SSSR count). The van der Waals surface area contributed by atoms with E-state index in [1.165, 1.54) is 28.8 Å². The van der Waals surface area contributed by atoms with Crippen LogP contribution in [-0.4, -0.2) is 18.9 Å². The molecule has 0 amide bonds. The van der Waals surface area contributed by atoms with E-state index in [2.05, 4.69) is 11.7 Å². The minimum absolute atomic E-state index is 0.0163. The highest BCUT2D eigenvalue weighted by molar-refractivity contribution is 5.96. The molecule has 0 aliphatic carbocycles. The third kappa shape index (κ3) is 4.80. The summed E-state index contributed by atoms with van der Waals surface area (Å²) >= 11 is 0. The zero-order chi connectivity index (χ0) is 28.6. The van der Waals surface area contributed by atoms with E-state index in [9.17, 15) is 14.0 Å². The van der Waals surface area contributed by atoms with Crippen molar-refractivity contribution in [2.24, 2.45) is 0 Å². The van der Waals surface area contributed by atoms with Crippen LogP contribution in [0, 0.1) is 18.6 Å². The van der Waals surface area contributed by atoms with Crippen LogP contribution in [0.1, 0.15) is 36.4 Å². The SMILES string of the molecule is C=C(C)c1c(-n2nc(COCc3ccccc3)n(CC)c2=O)n(-c2cc(C)ccc2F)c(=O)c2cc(F)ccc12. The molecule has 204 valence electrons. The Morgan fingerprint density at radius 1 is 0.975 bits per heavy atom. The first-order chi connectivity index (χ1) is 19.2. The Hall–Kier alpha value is -4.63. The first-order valence-electron chi connectivity index (χ1n) is 12.8. The highest BCUT2D eigenvalue weighted by atomic mass is 19.1. The van der Waals surface area contributed by atoms with Gasteiger partial charge in [0.1, 0.15) is 18.2 Å². The van der Waals surface area contributed by atoms with Crippen LogP contribution in [0.25, 0.3) is 27.9 Å². The van der Waals surface area contributed by atoms with Gasteiger partial charge in [-0.15, -0.1) is 5.10 Å². The number of hydrogen-bond acceptors (Lipinski definition) is 4. The Labute approximate surface area is 229 Å². The molecule has 7 nitrogen and oxygen atoms in total. The Morgan fingerprint density at radius 2 is 1.73 bits per heavy atom. The van der Waals surface area contributed by atoms with E-state index in [1.54, 1.807) is 26.8 Å². The molecular weight excluding hydrogens is 514 g/mol. The molecule has 5 aromatic rings. The average Bonchev–Trinajstić information content (AvgIpc) is 3.25. The molecule has 0 fully saturated rings. The molecule has 40 heavy (non-hydrogen) atoms. The molecule has 0 saturated carbocycles. The first-order valence-corrected chi connectivity index (χ1v) is 12.8. The number of allylic oxidation sites excluding steroid dienone is 1. The Kier molecular flexibility index (Phi) is 7.32. The van der Waals surface area contributed by atoms with E-state index in [-0.39, 0.29) is 30.0 Å². The summed E-state index contributed by atoms with van der Waals surface area (Å²) in [6, 6.07) is 17.7. The molecule has 0 bridgehead atoms. The minimum atomic E-state index is -0.696. The Bertz CT molecular complexity index is 1870. The maximum Gasteiger partial charge on any atom is 0.352 e. The topological polar surface area (TPSA) is 71.0 Å². The molecule has 0 unspecified atom stereocenters. The van der Waals surface area contributed by atoms with Gasteiger partial charge < -0.3 is 4.74 Å². The van der Waals surface area contributed by atoms with Gasteiger partial charge in [-0.25, -0.2) is 13.6 Å². The van der Waals surface area contributed by atoms with Crippen LogP contribution < -0.4 is 11.2 Å². The third-order valence-electron chi connectivity index (χ3n) is 6.69. The molecule has 0 N–H and O–H groups in total. The highest BCUT2D eigenvalue weighted by Gasteiger charge is 2.26. The third-order valence-corrected chi connectivity index (χ3v) is 6.69. The van der Waals surface area contributed by atoms with Crippen LogP contribution in [0.15, 0.2) is 82.9 Å². The lowest BCUT2D eigenvalue weighted by atomic mass is 10.0. The van der Waals surface area contributed by atoms with E-state index in [1.807, 2.05) is 30.3 Å². The van der Waals surface area contributed by atoms with Crippen LogP contribution in [0.2, 0.25) is 0 Å². The monoisotopic (exact) mass is 542 g/mol. The second-order valence-corrected chi connectivity index (χ2v) is 9.60. The van der Waals surface area contributed by atoms with Crippen molar-refractivity contribution in [1.29, 1.82) is 0 Å². The maximum atomic E-state index is 15.3. The van der Waals surface area contributed by atoms with Crippen molar-refractivity contribution in [3.05, 3.63) is 128 Å². The number of nitrogens with zero attached hydrogens (tertiary/aromatic N) is 4. The average molecular weight is 543 g/mol. The van der Waals surface area contributed by atoms with E-state index in [4.69, 9.17) is 4.74 Å². The summed E-state index contributed by atoms with van der Waals surface area (Å²) in [5.41, 5.74) is 1.18. The lowest BCUT2D eigenvalue weighted by Crippen LogP contribution is -2.32. The van der Waals surface area contributed by atoms with Crippen LogP contribution in [0.3, 0.4) is 0 Å². The predicted molar refractivity (Wildman–Crippen MR) is 151 cm³/mol. The second-order valence-electron chi connectivity index (χ2n) is 9.60. The van der Waals surface area contributed by atoms with Crippen LogP contribution >= 0.6 is 0 Å². The van der Waals surface area contributed by atoms with Gasteiger partial charge in [-0.3, -0.25) is 13.9 Å². The van der Waals surface area contributed by atoms with Gasteiger partial charge in [0.05, 0.1) is 17.7 Å². The summed E-state index contributed by atoms with van der Waals surface area (Å²) in [5.74, 6) is -0.958. The number of hydrogen-bond donors (Lipinski definition) is 0. The summed E-state index contributed by atoms with van der Waals surface area (Å²) in [6.45, 7) is 9.95. The normalized spacial score (nSPS) is 11.3. The fourth-order valence-corrected chi connectivity index (χ4v) is 4.83. The number of halogens is 2. The molecule has 0 radical (unpaired) electrons. The first kappa shape index (κ1) is 27.0. The van der Waals surface area contributed by atoms with Crippen LogP contribution in [0.5, 0.6) is 0 Å². The van der Waals surface area contributed by atoms with Gasteiger partial charge in [0.25, 0.3) is 5.56 Å². The zero-order valence-electron chi connectivity index (χ0n) is 22.4. The number of aromatic nitrogens is 4. The summed E-state index contributed by atoms with van der Waals surface area (Å²) < 4.78 is 39.1. The van der Waals surface area contributed by atoms with Crippen molar-refractivity contribution in [2.75, 3.05) is 0 Å². The van der Waals surface area contributed by atoms with Crippen molar-refractivity contribution in [2.45, 2.75) is 40.5 Å². The van der Waals surface area contributed by atoms with Crippen molar-refractivity contribution >= 4 is 16.3 Å². The molecule has 2 heterocycles. The van der Waals surface area contributed by atoms with Crippen molar-refractivity contribution < 1.29 is 13.5 Å². The number of rotatable bonds is 8. The summed E-state index contributed by atoms with van der Waals surface area (Å²) in [7, 11) is 0. The predicted octanol–water partition coefficient (Wildman–Crippen LogP) is 5.69. The quantitative estimate of drug-likeness (QED) is 0.252. The molecule has 0 aliphatic rings. The smallest absolute Gasteiger partial charge is 0.352 e. The molecule has 9 heteroatoms. The standard InChI is InChI=1S/C31H28F2N4O3/c1-5-35-27(18-40-17-21-9-7-6-8-10-21)34-37(31(35)39)29-28(19(2)3)23-13-12-22(32)16-24(23)30(38)36(29)26-15-20(4)11-14-25(26)33/h6-16H,2,5,17-18H2,1,3-4H3. The highest BCUT2D eigenvalue weighted by Crippen LogP contribution is 2.31. The van der Waals surface area contributed by atoms with Gasteiger partial charge in [-0.2, -0.15) is 4.68 Å². The van der Waals surface area contributed by atoms with Gasteiger partial charge in [0.15, 0.2) is 11.6 Å². The van der Waals surface area contributed by atoms with Crippen LogP contribution in [-0.2, 0) is 24.5 Å². The lowest BCUT2D eigenvalue weighted by Gasteiger charge is -2.20. The largest absolute Gasteiger partial charge is 0.369 e. The van der Waals surface area contributed by atoms with E-state index in [0.29, 0.717) is 34.5 Å². The number of ether oxygens (including phenoxy) is 1. The fraction of sp³-hybridized carbons (Fsp3) is 0.194.